The molecule has 0 radical (unpaired) electrons. The number of benzene rings is 1. The van der Waals surface area contributed by atoms with E-state index in [1.807, 2.05) is 19.2 Å². The molecule has 0 saturated carbocycles. The van der Waals surface area contributed by atoms with Crippen LogP contribution >= 0.6 is 0 Å². The zero-order valence-electron chi connectivity index (χ0n) is 12.4. The molecule has 2 aliphatic rings. The lowest BCUT2D eigenvalue weighted by Crippen LogP contribution is -2.52. The molecule has 8 heteroatoms. The van der Waals surface area contributed by atoms with Crippen molar-refractivity contribution in [3.8, 4) is 5.75 Å². The van der Waals surface area contributed by atoms with Crippen molar-refractivity contribution in [2.45, 2.75) is 5.92 Å². The summed E-state index contributed by atoms with van der Waals surface area (Å²) in [4.78, 5) is 14.4. The highest BCUT2D eigenvalue weighted by atomic mass is 32.2. The monoisotopic (exact) mass is 325 g/mol. The molecule has 0 bridgehead atoms. The van der Waals surface area contributed by atoms with E-state index in [1.165, 1.54) is 4.31 Å². The topological polar surface area (TPSA) is 79.0 Å². The van der Waals surface area contributed by atoms with E-state index in [2.05, 4.69) is 9.62 Å². The van der Waals surface area contributed by atoms with Crippen LogP contribution in [0.15, 0.2) is 24.3 Å². The first kappa shape index (κ1) is 15.3. The maximum Gasteiger partial charge on any atom is 0.303 e. The molecule has 0 aromatic heterocycles. The number of hydrogen-bond acceptors (Lipinski definition) is 5. The summed E-state index contributed by atoms with van der Waals surface area (Å²) in [5, 5.41) is 0. The molecule has 1 aromatic carbocycles. The molecule has 3 rings (SSSR count). The van der Waals surface area contributed by atoms with Crippen LogP contribution in [-0.4, -0.2) is 63.4 Å². The standard InChI is InChI=1S/C14H19N3O4S/c1-16-6-8-17(9-7-16)22(19,20)15-14(18)12-10-21-13-5-3-2-4-11(12)13/h2-5,12H,6-10H2,1H3,(H,15,18). The van der Waals surface area contributed by atoms with Crippen molar-refractivity contribution in [1.29, 1.82) is 0 Å². The summed E-state index contributed by atoms with van der Waals surface area (Å²) in [5.74, 6) is -0.484. The molecule has 1 N–H and O–H groups in total. The van der Waals surface area contributed by atoms with Crippen LogP contribution in [0.1, 0.15) is 11.5 Å². The lowest BCUT2D eigenvalue weighted by Gasteiger charge is -2.31. The molecular formula is C14H19N3O4S. The number of rotatable bonds is 3. The van der Waals surface area contributed by atoms with E-state index in [1.54, 1.807) is 12.1 Å². The van der Waals surface area contributed by atoms with Crippen LogP contribution in [-0.2, 0) is 15.0 Å². The molecule has 1 fully saturated rings. The van der Waals surface area contributed by atoms with Crippen molar-refractivity contribution >= 4 is 16.1 Å². The summed E-state index contributed by atoms with van der Waals surface area (Å²) in [6, 6.07) is 7.19. The maximum atomic E-state index is 12.3. The Balaban J connectivity index is 1.69. The summed E-state index contributed by atoms with van der Waals surface area (Å²) >= 11 is 0. The van der Waals surface area contributed by atoms with Gasteiger partial charge in [0.15, 0.2) is 0 Å². The Kier molecular flexibility index (Phi) is 4.07. The maximum absolute atomic E-state index is 12.3. The fourth-order valence-electron chi connectivity index (χ4n) is 2.67. The van der Waals surface area contributed by atoms with Gasteiger partial charge in [-0.2, -0.15) is 12.7 Å². The summed E-state index contributed by atoms with van der Waals surface area (Å²) in [5.41, 5.74) is 0.730. The van der Waals surface area contributed by atoms with E-state index in [0.29, 0.717) is 31.9 Å². The largest absolute Gasteiger partial charge is 0.492 e. The number of piperazine rings is 1. The predicted octanol–water partition coefficient (Wildman–Crippen LogP) is -0.229. The van der Waals surface area contributed by atoms with Crippen LogP contribution in [0.3, 0.4) is 0 Å². The Hall–Kier alpha value is -1.64. The number of carbonyl (C=O) groups excluding carboxylic acids is 1. The van der Waals surface area contributed by atoms with Gasteiger partial charge in [-0.3, -0.25) is 4.79 Å². The van der Waals surface area contributed by atoms with Crippen LogP contribution in [0.2, 0.25) is 0 Å². The summed E-state index contributed by atoms with van der Waals surface area (Å²) < 4.78 is 33.5. The van der Waals surface area contributed by atoms with E-state index in [9.17, 15) is 13.2 Å². The number of likely N-dealkylation sites (N-methyl/N-ethyl adjacent to an activating group) is 1. The van der Waals surface area contributed by atoms with Gasteiger partial charge in [0.05, 0.1) is 0 Å². The Labute approximate surface area is 130 Å². The summed E-state index contributed by atoms with van der Waals surface area (Å²) in [6.45, 7) is 2.26. The quantitative estimate of drug-likeness (QED) is 0.831. The third-order valence-corrected chi connectivity index (χ3v) is 5.55. The second-order valence-corrected chi connectivity index (χ2v) is 7.25. The van der Waals surface area contributed by atoms with Crippen molar-refractivity contribution < 1.29 is 17.9 Å². The van der Waals surface area contributed by atoms with Gasteiger partial charge in [-0.05, 0) is 13.1 Å². The van der Waals surface area contributed by atoms with E-state index < -0.39 is 22.0 Å². The van der Waals surface area contributed by atoms with Crippen molar-refractivity contribution in [2.24, 2.45) is 0 Å². The number of ether oxygens (including phenoxy) is 1. The van der Waals surface area contributed by atoms with E-state index in [-0.39, 0.29) is 6.61 Å². The van der Waals surface area contributed by atoms with E-state index >= 15 is 0 Å². The summed E-state index contributed by atoms with van der Waals surface area (Å²) in [6.07, 6.45) is 0. The van der Waals surface area contributed by atoms with Gasteiger partial charge in [-0.1, -0.05) is 18.2 Å². The lowest BCUT2D eigenvalue weighted by atomic mass is 10.0. The average Bonchev–Trinajstić information content (AvgIpc) is 2.91. The minimum Gasteiger partial charge on any atom is -0.492 e. The highest BCUT2D eigenvalue weighted by Gasteiger charge is 2.34. The average molecular weight is 325 g/mol. The number of carbonyl (C=O) groups is 1. The molecule has 2 heterocycles. The van der Waals surface area contributed by atoms with Gasteiger partial charge >= 0.3 is 10.2 Å². The van der Waals surface area contributed by atoms with Gasteiger partial charge in [-0.15, -0.1) is 0 Å². The van der Waals surface area contributed by atoms with Crippen molar-refractivity contribution in [3.63, 3.8) is 0 Å². The minimum absolute atomic E-state index is 0.170. The molecule has 120 valence electrons. The molecule has 1 atom stereocenters. The zero-order chi connectivity index (χ0) is 15.7. The SMILES string of the molecule is CN1CCN(S(=O)(=O)NC(=O)C2COc3ccccc32)CC1. The molecular weight excluding hydrogens is 306 g/mol. The molecule has 2 aliphatic heterocycles. The van der Waals surface area contributed by atoms with Gasteiger partial charge in [0, 0.05) is 31.7 Å². The fourth-order valence-corrected chi connectivity index (χ4v) is 3.84. The first-order valence-electron chi connectivity index (χ1n) is 7.19. The van der Waals surface area contributed by atoms with Crippen molar-refractivity contribution in [3.05, 3.63) is 29.8 Å². The number of nitrogens with zero attached hydrogens (tertiary/aromatic N) is 2. The molecule has 1 aromatic rings. The van der Waals surface area contributed by atoms with E-state index in [4.69, 9.17) is 4.74 Å². The molecule has 7 nitrogen and oxygen atoms in total. The predicted molar refractivity (Wildman–Crippen MR) is 80.8 cm³/mol. The van der Waals surface area contributed by atoms with Crippen LogP contribution in [0.25, 0.3) is 0 Å². The summed E-state index contributed by atoms with van der Waals surface area (Å²) in [7, 11) is -1.85. The number of para-hydroxylation sites is 1. The third-order valence-electron chi connectivity index (χ3n) is 4.05. The van der Waals surface area contributed by atoms with Gasteiger partial charge < -0.3 is 9.64 Å². The molecule has 1 unspecified atom stereocenters. The number of nitrogens with one attached hydrogen (secondary N) is 1. The van der Waals surface area contributed by atoms with Gasteiger partial charge in [0.25, 0.3) is 0 Å². The fraction of sp³-hybridized carbons (Fsp3) is 0.500. The number of fused-ring (bicyclic) bond motifs is 1. The molecule has 1 saturated heterocycles. The molecule has 0 aliphatic carbocycles. The molecule has 1 amide bonds. The minimum atomic E-state index is -3.79. The van der Waals surface area contributed by atoms with Crippen LogP contribution < -0.4 is 9.46 Å². The van der Waals surface area contributed by atoms with E-state index in [0.717, 1.165) is 5.56 Å². The van der Waals surface area contributed by atoms with Gasteiger partial charge in [-0.25, -0.2) is 4.72 Å². The second kappa shape index (κ2) is 5.86. The molecule has 0 spiro atoms. The highest BCUT2D eigenvalue weighted by molar-refractivity contribution is 7.87. The van der Waals surface area contributed by atoms with Gasteiger partial charge in [0.1, 0.15) is 18.3 Å². The van der Waals surface area contributed by atoms with Crippen molar-refractivity contribution in [1.82, 2.24) is 13.9 Å². The van der Waals surface area contributed by atoms with Crippen LogP contribution in [0.4, 0.5) is 0 Å². The first-order chi connectivity index (χ1) is 10.5. The Morgan fingerprint density at radius 1 is 1.23 bits per heavy atom. The molecule has 22 heavy (non-hydrogen) atoms. The van der Waals surface area contributed by atoms with Crippen LogP contribution in [0.5, 0.6) is 5.75 Å². The zero-order valence-corrected chi connectivity index (χ0v) is 13.2. The highest BCUT2D eigenvalue weighted by Crippen LogP contribution is 2.33. The number of hydrogen-bond donors (Lipinski definition) is 1. The van der Waals surface area contributed by atoms with Gasteiger partial charge in [0.2, 0.25) is 5.91 Å². The number of amides is 1. The Bertz CT molecular complexity index is 668. The smallest absolute Gasteiger partial charge is 0.303 e. The second-order valence-electron chi connectivity index (χ2n) is 5.58. The normalized spacial score (nSPS) is 22.9. The first-order valence-corrected chi connectivity index (χ1v) is 8.63. The Morgan fingerprint density at radius 2 is 1.91 bits per heavy atom. The third kappa shape index (κ3) is 2.94. The van der Waals surface area contributed by atoms with Crippen molar-refractivity contribution in [2.75, 3.05) is 39.8 Å². The lowest BCUT2D eigenvalue weighted by molar-refractivity contribution is -0.121. The van der Waals surface area contributed by atoms with Crippen LogP contribution in [0, 0.1) is 0 Å². The Morgan fingerprint density at radius 3 is 2.64 bits per heavy atom.